The zero-order valence-corrected chi connectivity index (χ0v) is 15.8. The number of nitrogens with one attached hydrogen (secondary N) is 1. The Morgan fingerprint density at radius 2 is 1.86 bits per heavy atom. The Labute approximate surface area is 163 Å². The van der Waals surface area contributed by atoms with E-state index in [4.69, 9.17) is 9.47 Å². The number of benzene rings is 2. The molecule has 0 fully saturated rings. The highest BCUT2D eigenvalue weighted by atomic mass is 16.5. The number of methoxy groups -OCH3 is 1. The van der Waals surface area contributed by atoms with E-state index in [1.165, 1.54) is 4.90 Å². The summed E-state index contributed by atoms with van der Waals surface area (Å²) in [5.41, 5.74) is 1.07. The molecule has 0 radical (unpaired) electrons. The van der Waals surface area contributed by atoms with Crippen LogP contribution in [0.3, 0.4) is 0 Å². The van der Waals surface area contributed by atoms with Crippen LogP contribution < -0.4 is 19.7 Å². The number of anilines is 2. The molecular formula is C21H22N2O5. The molecule has 2 aromatic carbocycles. The van der Waals surface area contributed by atoms with E-state index in [1.807, 2.05) is 6.92 Å². The van der Waals surface area contributed by atoms with Gasteiger partial charge in [0.2, 0.25) is 11.8 Å². The van der Waals surface area contributed by atoms with Crippen molar-refractivity contribution >= 4 is 29.2 Å². The van der Waals surface area contributed by atoms with E-state index >= 15 is 0 Å². The molecular weight excluding hydrogens is 360 g/mol. The van der Waals surface area contributed by atoms with Crippen molar-refractivity contribution < 1.29 is 23.9 Å². The van der Waals surface area contributed by atoms with Gasteiger partial charge in [0.15, 0.2) is 5.75 Å². The van der Waals surface area contributed by atoms with E-state index in [0.717, 1.165) is 0 Å². The molecule has 2 aromatic rings. The summed E-state index contributed by atoms with van der Waals surface area (Å²) in [7, 11) is 1.56. The lowest BCUT2D eigenvalue weighted by Crippen LogP contribution is -2.51. The number of carbonyl (C=O) groups excluding carboxylic acids is 3. The second-order valence-corrected chi connectivity index (χ2v) is 6.40. The van der Waals surface area contributed by atoms with Gasteiger partial charge in [-0.2, -0.15) is 0 Å². The summed E-state index contributed by atoms with van der Waals surface area (Å²) >= 11 is 0. The minimum atomic E-state index is -1.01. The van der Waals surface area contributed by atoms with Crippen LogP contribution in [0.15, 0.2) is 48.5 Å². The van der Waals surface area contributed by atoms with Gasteiger partial charge in [-0.15, -0.1) is 0 Å². The Hall–Kier alpha value is -3.35. The van der Waals surface area contributed by atoms with Gasteiger partial charge in [-0.25, -0.2) is 4.79 Å². The number of hydrogen-bond donors (Lipinski definition) is 1. The van der Waals surface area contributed by atoms with Crippen LogP contribution in [0.5, 0.6) is 11.5 Å². The van der Waals surface area contributed by atoms with Gasteiger partial charge in [0.1, 0.15) is 11.8 Å². The van der Waals surface area contributed by atoms with E-state index < -0.39 is 12.0 Å². The van der Waals surface area contributed by atoms with E-state index in [2.05, 4.69) is 5.32 Å². The first kappa shape index (κ1) is 19.4. The second kappa shape index (κ2) is 8.56. The van der Waals surface area contributed by atoms with Gasteiger partial charge in [0.25, 0.3) is 0 Å². The number of hydrogen-bond acceptors (Lipinski definition) is 5. The van der Waals surface area contributed by atoms with Crippen molar-refractivity contribution in [3.05, 3.63) is 48.5 Å². The van der Waals surface area contributed by atoms with Crippen LogP contribution in [0.25, 0.3) is 0 Å². The molecule has 1 aliphatic rings. The van der Waals surface area contributed by atoms with E-state index in [0.29, 0.717) is 29.3 Å². The van der Waals surface area contributed by atoms with E-state index in [9.17, 15) is 14.4 Å². The maximum atomic E-state index is 12.7. The number of para-hydroxylation sites is 2. The highest BCUT2D eigenvalue weighted by Gasteiger charge is 2.39. The zero-order valence-electron chi connectivity index (χ0n) is 15.8. The van der Waals surface area contributed by atoms with Gasteiger partial charge >= 0.3 is 5.97 Å². The maximum Gasteiger partial charge on any atom is 0.335 e. The molecule has 0 saturated carbocycles. The molecule has 1 heterocycles. The molecule has 0 aromatic heterocycles. The summed E-state index contributed by atoms with van der Waals surface area (Å²) in [5, 5.41) is 2.74. The largest absolute Gasteiger partial charge is 0.497 e. The molecule has 1 aliphatic heterocycles. The standard InChI is InChI=1S/C21H22N2O5/c1-3-6-20(25)23-16-7-4-5-8-18(16)28-21(26)17(23)13-19(24)22-14-9-11-15(27-2)12-10-14/h4-5,7-12,17H,3,6,13H2,1-2H3,(H,22,24)/t17-/m0/s1. The summed E-state index contributed by atoms with van der Waals surface area (Å²) < 4.78 is 10.4. The van der Waals surface area contributed by atoms with Crippen molar-refractivity contribution in [2.24, 2.45) is 0 Å². The highest BCUT2D eigenvalue weighted by molar-refractivity contribution is 6.06. The fourth-order valence-electron chi connectivity index (χ4n) is 3.07. The third-order valence-electron chi connectivity index (χ3n) is 4.40. The second-order valence-electron chi connectivity index (χ2n) is 6.40. The first-order valence-corrected chi connectivity index (χ1v) is 9.10. The van der Waals surface area contributed by atoms with Crippen molar-refractivity contribution in [1.29, 1.82) is 0 Å². The molecule has 1 N–H and O–H groups in total. The van der Waals surface area contributed by atoms with Crippen LogP contribution in [-0.2, 0) is 14.4 Å². The normalized spacial score (nSPS) is 15.4. The number of fused-ring (bicyclic) bond motifs is 1. The van der Waals surface area contributed by atoms with Crippen LogP contribution in [0.2, 0.25) is 0 Å². The fraction of sp³-hybridized carbons (Fsp3) is 0.286. The summed E-state index contributed by atoms with van der Waals surface area (Å²) in [6.45, 7) is 1.89. The van der Waals surface area contributed by atoms with Crippen LogP contribution in [0, 0.1) is 0 Å². The number of rotatable bonds is 6. The predicted octanol–water partition coefficient (Wildman–Crippen LogP) is 3.14. The number of nitrogens with zero attached hydrogens (tertiary/aromatic N) is 1. The van der Waals surface area contributed by atoms with Crippen LogP contribution in [-0.4, -0.2) is 30.9 Å². The Morgan fingerprint density at radius 3 is 2.54 bits per heavy atom. The topological polar surface area (TPSA) is 84.9 Å². The van der Waals surface area contributed by atoms with Gasteiger partial charge < -0.3 is 14.8 Å². The summed E-state index contributed by atoms with van der Waals surface area (Å²) in [6.07, 6.45) is 0.712. The lowest BCUT2D eigenvalue weighted by Gasteiger charge is -2.35. The molecule has 7 heteroatoms. The van der Waals surface area contributed by atoms with Crippen molar-refractivity contribution in [3.63, 3.8) is 0 Å². The fourth-order valence-corrected chi connectivity index (χ4v) is 3.07. The predicted molar refractivity (Wildman–Crippen MR) is 104 cm³/mol. The molecule has 0 spiro atoms. The van der Waals surface area contributed by atoms with E-state index in [-0.39, 0.29) is 24.7 Å². The average Bonchev–Trinajstić information content (AvgIpc) is 2.69. The van der Waals surface area contributed by atoms with Crippen LogP contribution >= 0.6 is 0 Å². The minimum Gasteiger partial charge on any atom is -0.497 e. The number of esters is 1. The first-order valence-electron chi connectivity index (χ1n) is 9.10. The molecule has 1 atom stereocenters. The third kappa shape index (κ3) is 4.14. The lowest BCUT2D eigenvalue weighted by molar-refractivity contribution is -0.140. The van der Waals surface area contributed by atoms with Gasteiger partial charge in [0.05, 0.1) is 19.2 Å². The molecule has 7 nitrogen and oxygen atoms in total. The van der Waals surface area contributed by atoms with Crippen molar-refractivity contribution in [2.75, 3.05) is 17.3 Å². The summed E-state index contributed by atoms with van der Waals surface area (Å²) in [6, 6.07) is 12.7. The molecule has 0 bridgehead atoms. The molecule has 3 rings (SSSR count). The quantitative estimate of drug-likeness (QED) is 0.613. The van der Waals surface area contributed by atoms with Crippen molar-refractivity contribution in [3.8, 4) is 11.5 Å². The molecule has 0 saturated heterocycles. The van der Waals surface area contributed by atoms with E-state index in [1.54, 1.807) is 55.6 Å². The van der Waals surface area contributed by atoms with Crippen molar-refractivity contribution in [2.45, 2.75) is 32.2 Å². The first-order chi connectivity index (χ1) is 13.5. The molecule has 0 aliphatic carbocycles. The molecule has 146 valence electrons. The molecule has 0 unspecified atom stereocenters. The average molecular weight is 382 g/mol. The Balaban J connectivity index is 1.80. The minimum absolute atomic E-state index is 0.200. The number of carbonyl (C=O) groups is 3. The zero-order chi connectivity index (χ0) is 20.1. The lowest BCUT2D eigenvalue weighted by atomic mass is 10.1. The SMILES string of the molecule is CCCC(=O)N1c2ccccc2OC(=O)[C@@H]1CC(=O)Nc1ccc(OC)cc1. The van der Waals surface area contributed by atoms with Gasteiger partial charge in [-0.05, 0) is 42.8 Å². The monoisotopic (exact) mass is 382 g/mol. The number of ether oxygens (including phenoxy) is 2. The van der Waals surface area contributed by atoms with Gasteiger partial charge in [-0.3, -0.25) is 14.5 Å². The Morgan fingerprint density at radius 1 is 1.14 bits per heavy atom. The molecule has 2 amide bonds. The Kier molecular flexibility index (Phi) is 5.93. The van der Waals surface area contributed by atoms with Gasteiger partial charge in [0, 0.05) is 12.1 Å². The smallest absolute Gasteiger partial charge is 0.335 e. The summed E-state index contributed by atoms with van der Waals surface area (Å²) in [5.74, 6) is -0.228. The highest BCUT2D eigenvalue weighted by Crippen LogP contribution is 2.35. The third-order valence-corrected chi connectivity index (χ3v) is 4.40. The summed E-state index contributed by atoms with van der Waals surface area (Å²) in [4.78, 5) is 39.2. The van der Waals surface area contributed by atoms with Crippen LogP contribution in [0.4, 0.5) is 11.4 Å². The van der Waals surface area contributed by atoms with Crippen molar-refractivity contribution in [1.82, 2.24) is 0 Å². The molecule has 28 heavy (non-hydrogen) atoms. The van der Waals surface area contributed by atoms with Crippen LogP contribution in [0.1, 0.15) is 26.2 Å². The maximum absolute atomic E-state index is 12.7. The Bertz CT molecular complexity index is 879. The van der Waals surface area contributed by atoms with Gasteiger partial charge in [-0.1, -0.05) is 19.1 Å². The number of amides is 2.